The third-order valence-corrected chi connectivity index (χ3v) is 6.67. The molecule has 9 nitrogen and oxygen atoms in total. The SMILES string of the molecule is CCOC(=O)C1=C(C(OC)c2nc(C(=O)OCC)cs2)NC(C)=C(C(=O)OC)C1c1ccccc1Cl. The van der Waals surface area contributed by atoms with E-state index in [1.54, 1.807) is 50.4 Å². The van der Waals surface area contributed by atoms with Gasteiger partial charge in [-0.1, -0.05) is 29.8 Å². The van der Waals surface area contributed by atoms with Crippen molar-refractivity contribution in [1.29, 1.82) is 0 Å². The van der Waals surface area contributed by atoms with Crippen LogP contribution in [0.1, 0.15) is 53.9 Å². The third-order valence-electron chi connectivity index (χ3n) is 5.44. The molecule has 0 saturated heterocycles. The van der Waals surface area contributed by atoms with E-state index >= 15 is 0 Å². The van der Waals surface area contributed by atoms with Crippen molar-refractivity contribution < 1.29 is 33.3 Å². The van der Waals surface area contributed by atoms with Crippen LogP contribution in [0.25, 0.3) is 0 Å². The number of nitrogens with zero attached hydrogens (tertiary/aromatic N) is 1. The Morgan fingerprint density at radius 2 is 1.72 bits per heavy atom. The molecule has 0 radical (unpaired) electrons. The zero-order valence-corrected chi connectivity index (χ0v) is 22.1. The van der Waals surface area contributed by atoms with Gasteiger partial charge in [-0.25, -0.2) is 19.4 Å². The highest BCUT2D eigenvalue weighted by Gasteiger charge is 2.42. The fraction of sp³-hybridized carbons (Fsp3) is 0.360. The van der Waals surface area contributed by atoms with Crippen LogP contribution in [0, 0.1) is 0 Å². The Kier molecular flexibility index (Phi) is 9.25. The molecule has 0 fully saturated rings. The first-order chi connectivity index (χ1) is 17.3. The summed E-state index contributed by atoms with van der Waals surface area (Å²) in [5.41, 5.74) is 1.73. The van der Waals surface area contributed by atoms with E-state index in [0.717, 1.165) is 0 Å². The third kappa shape index (κ3) is 5.45. The summed E-state index contributed by atoms with van der Waals surface area (Å²) in [4.78, 5) is 42.9. The van der Waals surface area contributed by atoms with E-state index in [1.807, 2.05) is 0 Å². The lowest BCUT2D eigenvalue weighted by Gasteiger charge is -2.33. The van der Waals surface area contributed by atoms with Crippen LogP contribution in [0.5, 0.6) is 0 Å². The molecule has 11 heteroatoms. The molecular weight excluding hydrogens is 508 g/mol. The Labute approximate surface area is 218 Å². The maximum absolute atomic E-state index is 13.4. The number of ether oxygens (including phenoxy) is 4. The predicted octanol–water partition coefficient (Wildman–Crippen LogP) is 4.31. The van der Waals surface area contributed by atoms with E-state index in [9.17, 15) is 14.4 Å². The van der Waals surface area contributed by atoms with E-state index in [1.165, 1.54) is 25.6 Å². The molecule has 36 heavy (non-hydrogen) atoms. The fourth-order valence-corrected chi connectivity index (χ4v) is 5.06. The van der Waals surface area contributed by atoms with Gasteiger partial charge in [0, 0.05) is 23.2 Å². The minimum atomic E-state index is -0.913. The molecule has 2 atom stereocenters. The average Bonchev–Trinajstić information content (AvgIpc) is 3.34. The van der Waals surface area contributed by atoms with Crippen LogP contribution in [-0.4, -0.2) is 50.3 Å². The summed E-state index contributed by atoms with van der Waals surface area (Å²) in [6.45, 7) is 5.38. The number of halogens is 1. The number of carbonyl (C=O) groups excluding carboxylic acids is 3. The number of esters is 3. The van der Waals surface area contributed by atoms with Crippen LogP contribution < -0.4 is 5.32 Å². The Hall–Kier alpha value is -3.21. The molecular formula is C25H27ClN2O7S. The number of carbonyl (C=O) groups is 3. The lowest BCUT2D eigenvalue weighted by Crippen LogP contribution is -2.35. The van der Waals surface area contributed by atoms with Gasteiger partial charge in [0.2, 0.25) is 0 Å². The standard InChI is InChI=1S/C25H27ClN2O7S/c1-6-34-23(29)16-12-36-22(28-16)21(32-4)20-19(25(31)35-7-2)18(14-10-8-9-11-15(14)26)17(13(3)27-20)24(30)33-5/h8-12,18,21,27H,6-7H2,1-5H3. The highest BCUT2D eigenvalue weighted by Crippen LogP contribution is 2.45. The van der Waals surface area contributed by atoms with Crippen LogP contribution in [0.15, 0.2) is 52.2 Å². The number of allylic oxidation sites excluding steroid dienone is 1. The number of thiazole rings is 1. The van der Waals surface area contributed by atoms with Gasteiger partial charge in [-0.3, -0.25) is 0 Å². The van der Waals surface area contributed by atoms with Gasteiger partial charge in [0.1, 0.15) is 11.1 Å². The summed E-state index contributed by atoms with van der Waals surface area (Å²) in [5.74, 6) is -2.77. The number of hydrogen-bond acceptors (Lipinski definition) is 10. The minimum Gasteiger partial charge on any atom is -0.466 e. The van der Waals surface area contributed by atoms with Crippen LogP contribution >= 0.6 is 22.9 Å². The van der Waals surface area contributed by atoms with Gasteiger partial charge in [-0.15, -0.1) is 11.3 Å². The van der Waals surface area contributed by atoms with Crippen molar-refractivity contribution >= 4 is 40.8 Å². The molecule has 2 heterocycles. The topological polar surface area (TPSA) is 113 Å². The number of methoxy groups -OCH3 is 2. The first kappa shape index (κ1) is 27.4. The van der Waals surface area contributed by atoms with E-state index in [-0.39, 0.29) is 30.1 Å². The van der Waals surface area contributed by atoms with Crippen molar-refractivity contribution in [1.82, 2.24) is 10.3 Å². The summed E-state index contributed by atoms with van der Waals surface area (Å²) in [6, 6.07) is 6.91. The normalized spacial score (nSPS) is 16.3. The zero-order valence-electron chi connectivity index (χ0n) is 20.5. The second-order valence-corrected chi connectivity index (χ2v) is 8.86. The molecule has 2 aromatic rings. The van der Waals surface area contributed by atoms with Gasteiger partial charge in [0.05, 0.1) is 43.1 Å². The number of benzene rings is 1. The minimum absolute atomic E-state index is 0.100. The van der Waals surface area contributed by atoms with Crippen LogP contribution in [-0.2, 0) is 28.5 Å². The van der Waals surface area contributed by atoms with Crippen molar-refractivity contribution in [3.63, 3.8) is 0 Å². The predicted molar refractivity (Wildman–Crippen MR) is 134 cm³/mol. The lowest BCUT2D eigenvalue weighted by atomic mass is 9.79. The van der Waals surface area contributed by atoms with E-state index in [2.05, 4.69) is 10.3 Å². The van der Waals surface area contributed by atoms with Gasteiger partial charge in [-0.05, 0) is 32.4 Å². The maximum Gasteiger partial charge on any atom is 0.357 e. The molecule has 1 aliphatic heterocycles. The van der Waals surface area contributed by atoms with Crippen molar-refractivity contribution in [3.05, 3.63) is 73.5 Å². The van der Waals surface area contributed by atoms with Gasteiger partial charge >= 0.3 is 17.9 Å². The first-order valence-corrected chi connectivity index (χ1v) is 12.4. The smallest absolute Gasteiger partial charge is 0.357 e. The molecule has 0 amide bonds. The first-order valence-electron chi connectivity index (χ1n) is 11.2. The summed E-state index contributed by atoms with van der Waals surface area (Å²) in [7, 11) is 2.72. The van der Waals surface area contributed by atoms with Crippen LogP contribution in [0.3, 0.4) is 0 Å². The van der Waals surface area contributed by atoms with Crippen molar-refractivity contribution in [2.45, 2.75) is 32.8 Å². The number of rotatable bonds is 9. The molecule has 1 N–H and O–H groups in total. The molecule has 0 bridgehead atoms. The van der Waals surface area contributed by atoms with Crippen LogP contribution in [0.2, 0.25) is 5.02 Å². The fourth-order valence-electron chi connectivity index (χ4n) is 3.95. The molecule has 1 aromatic carbocycles. The summed E-state index contributed by atoms with van der Waals surface area (Å²) >= 11 is 7.72. The molecule has 2 unspecified atom stereocenters. The van der Waals surface area contributed by atoms with Crippen molar-refractivity contribution in [2.24, 2.45) is 0 Å². The second-order valence-electron chi connectivity index (χ2n) is 7.56. The molecule has 0 spiro atoms. The largest absolute Gasteiger partial charge is 0.466 e. The summed E-state index contributed by atoms with van der Waals surface area (Å²) in [6.07, 6.45) is -0.892. The number of hydrogen-bond donors (Lipinski definition) is 1. The Morgan fingerprint density at radius 3 is 2.33 bits per heavy atom. The Morgan fingerprint density at radius 1 is 1.06 bits per heavy atom. The van der Waals surface area contributed by atoms with E-state index in [0.29, 0.717) is 27.0 Å². The van der Waals surface area contributed by atoms with E-state index < -0.39 is 29.9 Å². The highest BCUT2D eigenvalue weighted by atomic mass is 35.5. The molecule has 1 aromatic heterocycles. The van der Waals surface area contributed by atoms with Crippen molar-refractivity contribution in [3.8, 4) is 0 Å². The highest BCUT2D eigenvalue weighted by molar-refractivity contribution is 7.09. The zero-order chi connectivity index (χ0) is 26.4. The Bertz CT molecular complexity index is 1220. The molecule has 0 saturated carbocycles. The lowest BCUT2D eigenvalue weighted by molar-refractivity contribution is -0.139. The second kappa shape index (κ2) is 12.2. The molecule has 3 rings (SSSR count). The summed E-state index contributed by atoms with van der Waals surface area (Å²) < 4.78 is 21.3. The number of aromatic nitrogens is 1. The quantitative estimate of drug-likeness (QED) is 0.371. The van der Waals surface area contributed by atoms with E-state index in [4.69, 9.17) is 30.5 Å². The monoisotopic (exact) mass is 534 g/mol. The number of nitrogens with one attached hydrogen (secondary N) is 1. The maximum atomic E-state index is 13.4. The van der Waals surface area contributed by atoms with Crippen molar-refractivity contribution in [2.75, 3.05) is 27.4 Å². The molecule has 192 valence electrons. The Balaban J connectivity index is 2.27. The van der Waals surface area contributed by atoms with Gasteiger partial charge in [0.15, 0.2) is 5.69 Å². The number of dihydropyridines is 1. The van der Waals surface area contributed by atoms with Gasteiger partial charge in [-0.2, -0.15) is 0 Å². The van der Waals surface area contributed by atoms with Gasteiger partial charge in [0.25, 0.3) is 0 Å². The average molecular weight is 535 g/mol. The van der Waals surface area contributed by atoms with Crippen LogP contribution in [0.4, 0.5) is 0 Å². The summed E-state index contributed by atoms with van der Waals surface area (Å²) in [5, 5.41) is 5.45. The van der Waals surface area contributed by atoms with Gasteiger partial charge < -0.3 is 24.3 Å². The molecule has 1 aliphatic rings. The molecule has 0 aliphatic carbocycles.